The van der Waals surface area contributed by atoms with Crippen molar-refractivity contribution in [1.82, 2.24) is 4.98 Å². The maximum atomic E-state index is 13.1. The largest absolute Gasteiger partial charge is 0.308 e. The van der Waals surface area contributed by atoms with Gasteiger partial charge in [0.1, 0.15) is 0 Å². The second kappa shape index (κ2) is 7.80. The van der Waals surface area contributed by atoms with Crippen LogP contribution in [0.15, 0.2) is 36.7 Å². The van der Waals surface area contributed by atoms with Crippen LogP contribution in [0.1, 0.15) is 36.2 Å². The van der Waals surface area contributed by atoms with Gasteiger partial charge in [-0.15, -0.1) is 0 Å². The summed E-state index contributed by atoms with van der Waals surface area (Å²) in [5.74, 6) is 0.294. The van der Waals surface area contributed by atoms with Crippen molar-refractivity contribution in [2.24, 2.45) is 5.92 Å². The fourth-order valence-corrected chi connectivity index (χ4v) is 2.81. The Labute approximate surface area is 147 Å². The molecule has 0 saturated carbocycles. The van der Waals surface area contributed by atoms with Crippen molar-refractivity contribution in [2.75, 3.05) is 11.4 Å². The Morgan fingerprint density at radius 3 is 2.48 bits per heavy atom. The van der Waals surface area contributed by atoms with Gasteiger partial charge in [0.05, 0.1) is 0 Å². The maximum absolute atomic E-state index is 13.1. The summed E-state index contributed by atoms with van der Waals surface area (Å²) in [6.07, 6.45) is 4.31. The fourth-order valence-electron chi connectivity index (χ4n) is 2.30. The SMILES string of the molecule is CCC(C)CN(C(=O)c1ccncc1C)c1cc(Cl)cc(Cl)c1. The Morgan fingerprint density at radius 1 is 1.26 bits per heavy atom. The molecule has 0 radical (unpaired) electrons. The predicted molar refractivity (Wildman–Crippen MR) is 96.6 cm³/mol. The molecule has 0 spiro atoms. The molecule has 0 fully saturated rings. The van der Waals surface area contributed by atoms with Crippen LogP contribution in [-0.4, -0.2) is 17.4 Å². The lowest BCUT2D eigenvalue weighted by atomic mass is 10.1. The number of aryl methyl sites for hydroxylation is 1. The highest BCUT2D eigenvalue weighted by atomic mass is 35.5. The average molecular weight is 351 g/mol. The number of anilines is 1. The van der Waals surface area contributed by atoms with Crippen LogP contribution in [0.5, 0.6) is 0 Å². The summed E-state index contributed by atoms with van der Waals surface area (Å²) in [6, 6.07) is 6.94. The normalized spacial score (nSPS) is 12.0. The smallest absolute Gasteiger partial charge is 0.258 e. The summed E-state index contributed by atoms with van der Waals surface area (Å²) in [7, 11) is 0. The van der Waals surface area contributed by atoms with Crippen molar-refractivity contribution in [3.8, 4) is 0 Å². The Morgan fingerprint density at radius 2 is 1.91 bits per heavy atom. The molecule has 122 valence electrons. The number of carbonyl (C=O) groups is 1. The second-order valence-corrected chi connectivity index (χ2v) is 6.62. The number of hydrogen-bond donors (Lipinski definition) is 0. The van der Waals surface area contributed by atoms with E-state index in [2.05, 4.69) is 18.8 Å². The summed E-state index contributed by atoms with van der Waals surface area (Å²) in [5, 5.41) is 1.03. The monoisotopic (exact) mass is 350 g/mol. The average Bonchev–Trinajstić information content (AvgIpc) is 2.51. The number of nitrogens with zero attached hydrogens (tertiary/aromatic N) is 2. The van der Waals surface area contributed by atoms with Crippen molar-refractivity contribution >= 4 is 34.8 Å². The lowest BCUT2D eigenvalue weighted by Crippen LogP contribution is -2.35. The molecule has 0 aliphatic heterocycles. The molecule has 2 rings (SSSR count). The van der Waals surface area contributed by atoms with Crippen LogP contribution in [0.25, 0.3) is 0 Å². The Bertz CT molecular complexity index is 683. The zero-order chi connectivity index (χ0) is 17.0. The maximum Gasteiger partial charge on any atom is 0.258 e. The number of benzene rings is 1. The summed E-state index contributed by atoms with van der Waals surface area (Å²) in [5.41, 5.74) is 2.20. The van der Waals surface area contributed by atoms with Crippen molar-refractivity contribution in [2.45, 2.75) is 27.2 Å². The Balaban J connectivity index is 2.45. The van der Waals surface area contributed by atoms with E-state index in [-0.39, 0.29) is 5.91 Å². The third kappa shape index (κ3) is 4.46. The summed E-state index contributed by atoms with van der Waals surface area (Å²) in [4.78, 5) is 18.8. The van der Waals surface area contributed by atoms with Gasteiger partial charge in [-0.05, 0) is 42.7 Å². The minimum absolute atomic E-state index is 0.0662. The number of halogens is 2. The zero-order valence-electron chi connectivity index (χ0n) is 13.5. The molecule has 0 aliphatic carbocycles. The molecule has 1 aromatic carbocycles. The number of carbonyl (C=O) groups excluding carboxylic acids is 1. The fraction of sp³-hybridized carbons (Fsp3) is 0.333. The molecule has 1 atom stereocenters. The van der Waals surface area contributed by atoms with Crippen LogP contribution in [0, 0.1) is 12.8 Å². The van der Waals surface area contributed by atoms with Gasteiger partial charge >= 0.3 is 0 Å². The van der Waals surface area contributed by atoms with Crippen LogP contribution >= 0.6 is 23.2 Å². The van der Waals surface area contributed by atoms with Crippen LogP contribution in [-0.2, 0) is 0 Å². The second-order valence-electron chi connectivity index (χ2n) is 5.75. The molecule has 3 nitrogen and oxygen atoms in total. The van der Waals surface area contributed by atoms with Crippen LogP contribution in [0.3, 0.4) is 0 Å². The van der Waals surface area contributed by atoms with Gasteiger partial charge in [-0.25, -0.2) is 0 Å². The highest BCUT2D eigenvalue weighted by Gasteiger charge is 2.21. The van der Waals surface area contributed by atoms with Gasteiger partial charge in [-0.3, -0.25) is 9.78 Å². The molecule has 2 aromatic rings. The lowest BCUT2D eigenvalue weighted by molar-refractivity contribution is 0.0982. The molecule has 5 heteroatoms. The number of aromatic nitrogens is 1. The first-order valence-electron chi connectivity index (χ1n) is 7.61. The Hall–Kier alpha value is -1.58. The molecule has 23 heavy (non-hydrogen) atoms. The first kappa shape index (κ1) is 17.8. The standard InChI is InChI=1S/C18H20Cl2N2O/c1-4-12(2)11-22(16-8-14(19)7-15(20)9-16)18(23)17-5-6-21-10-13(17)3/h5-10,12H,4,11H2,1-3H3. The van der Waals surface area contributed by atoms with Crippen LogP contribution < -0.4 is 4.90 Å². The molecule has 1 heterocycles. The Kier molecular flexibility index (Phi) is 6.03. The van der Waals surface area contributed by atoms with E-state index in [1.165, 1.54) is 0 Å². The van der Waals surface area contributed by atoms with Gasteiger partial charge in [-0.1, -0.05) is 43.5 Å². The van der Waals surface area contributed by atoms with Crippen molar-refractivity contribution in [1.29, 1.82) is 0 Å². The predicted octanol–water partition coefficient (Wildman–Crippen LogP) is 5.39. The van der Waals surface area contributed by atoms with E-state index in [0.717, 1.165) is 12.0 Å². The number of hydrogen-bond acceptors (Lipinski definition) is 2. The minimum atomic E-state index is -0.0662. The highest BCUT2D eigenvalue weighted by molar-refractivity contribution is 6.35. The van der Waals surface area contributed by atoms with Gasteiger partial charge < -0.3 is 4.90 Å². The van der Waals surface area contributed by atoms with Gasteiger partial charge in [0, 0.05) is 40.2 Å². The third-order valence-electron chi connectivity index (χ3n) is 3.85. The zero-order valence-corrected chi connectivity index (χ0v) is 15.0. The van der Waals surface area contributed by atoms with Gasteiger partial charge in [0.25, 0.3) is 5.91 Å². The highest BCUT2D eigenvalue weighted by Crippen LogP contribution is 2.28. The van der Waals surface area contributed by atoms with Crippen LogP contribution in [0.2, 0.25) is 10.0 Å². The minimum Gasteiger partial charge on any atom is -0.308 e. The molecule has 0 N–H and O–H groups in total. The van der Waals surface area contributed by atoms with Crippen molar-refractivity contribution in [3.05, 3.63) is 57.8 Å². The third-order valence-corrected chi connectivity index (χ3v) is 4.28. The summed E-state index contributed by atoms with van der Waals surface area (Å²) >= 11 is 12.2. The van der Waals surface area contributed by atoms with E-state index in [0.29, 0.717) is 33.8 Å². The molecular formula is C18H20Cl2N2O. The molecule has 1 unspecified atom stereocenters. The molecule has 0 saturated heterocycles. The van der Waals surface area contributed by atoms with E-state index in [4.69, 9.17) is 23.2 Å². The molecular weight excluding hydrogens is 331 g/mol. The number of amides is 1. The van der Waals surface area contributed by atoms with E-state index in [1.54, 1.807) is 41.6 Å². The molecule has 0 bridgehead atoms. The van der Waals surface area contributed by atoms with Gasteiger partial charge in [0.15, 0.2) is 0 Å². The molecule has 1 aromatic heterocycles. The van der Waals surface area contributed by atoms with E-state index in [1.807, 2.05) is 6.92 Å². The summed E-state index contributed by atoms with van der Waals surface area (Å²) < 4.78 is 0. The van der Waals surface area contributed by atoms with Gasteiger partial charge in [-0.2, -0.15) is 0 Å². The lowest BCUT2D eigenvalue weighted by Gasteiger charge is -2.26. The van der Waals surface area contributed by atoms with E-state index in [9.17, 15) is 4.79 Å². The van der Waals surface area contributed by atoms with E-state index < -0.39 is 0 Å². The topological polar surface area (TPSA) is 33.2 Å². The molecule has 1 amide bonds. The first-order chi connectivity index (χ1) is 10.9. The first-order valence-corrected chi connectivity index (χ1v) is 8.36. The van der Waals surface area contributed by atoms with Crippen molar-refractivity contribution < 1.29 is 4.79 Å². The van der Waals surface area contributed by atoms with Gasteiger partial charge in [0.2, 0.25) is 0 Å². The van der Waals surface area contributed by atoms with Crippen LogP contribution in [0.4, 0.5) is 5.69 Å². The summed E-state index contributed by atoms with van der Waals surface area (Å²) in [6.45, 7) is 6.71. The van der Waals surface area contributed by atoms with E-state index >= 15 is 0 Å². The van der Waals surface area contributed by atoms with Crippen molar-refractivity contribution in [3.63, 3.8) is 0 Å². The quantitative estimate of drug-likeness (QED) is 0.724. The number of rotatable bonds is 5. The molecule has 0 aliphatic rings. The number of pyridine rings is 1.